The Morgan fingerprint density at radius 2 is 1.35 bits per heavy atom. The Hall–Kier alpha value is -1.27. The number of hydrogen-bond donors (Lipinski definition) is 0. The van der Waals surface area contributed by atoms with Crippen molar-refractivity contribution in [2.75, 3.05) is 0 Å². The molecule has 2 aromatic carbocycles. The molecule has 7 rings (SSSR count). The van der Waals surface area contributed by atoms with E-state index in [0.717, 1.165) is 6.42 Å². The van der Waals surface area contributed by atoms with Crippen molar-refractivity contribution in [3.05, 3.63) is 88.0 Å². The summed E-state index contributed by atoms with van der Waals surface area (Å²) in [6.45, 7) is 21.9. The van der Waals surface area contributed by atoms with Crippen LogP contribution in [0, 0.1) is 5.41 Å². The minimum absolute atomic E-state index is 0. The molecule has 1 fully saturated rings. The summed E-state index contributed by atoms with van der Waals surface area (Å²) in [6, 6.07) is 10.3. The molecule has 0 spiro atoms. The first kappa shape index (κ1) is 33.1. The topological polar surface area (TPSA) is 0 Å². The van der Waals surface area contributed by atoms with Gasteiger partial charge in [0, 0.05) is 0 Å². The van der Waals surface area contributed by atoms with Crippen LogP contribution in [0.2, 0.25) is 0 Å². The molecule has 0 nitrogen and oxygen atoms in total. The molecule has 2 aromatic rings. The van der Waals surface area contributed by atoms with E-state index in [1.165, 1.54) is 71.9 Å². The van der Waals surface area contributed by atoms with Crippen LogP contribution in [0.3, 0.4) is 0 Å². The SMILES string of the molecule is CC1=CC(C)(C)c2cc3c(cc21)-c1cc2c(cc1C3)C(C)(C)[C]([Zr+2]([C]1=CC(C(C)(C)C)=CC1)=[C]1CCCCC1)=C2C.[Cl-].[Cl-]. The summed E-state index contributed by atoms with van der Waals surface area (Å²) < 4.78 is 5.74. The molecule has 0 heterocycles. The summed E-state index contributed by atoms with van der Waals surface area (Å²) in [4.78, 5) is 0. The third-order valence-electron chi connectivity index (χ3n) is 11.1. The number of allylic oxidation sites excluding steroid dienone is 8. The summed E-state index contributed by atoms with van der Waals surface area (Å²) in [5, 5.41) is 0. The largest absolute Gasteiger partial charge is 1.00 e. The smallest absolute Gasteiger partial charge is 1.00 e. The van der Waals surface area contributed by atoms with Crippen LogP contribution < -0.4 is 24.8 Å². The van der Waals surface area contributed by atoms with E-state index in [2.05, 4.69) is 105 Å². The molecule has 0 bridgehead atoms. The average molecular weight is 691 g/mol. The van der Waals surface area contributed by atoms with Crippen LogP contribution in [0.25, 0.3) is 22.3 Å². The van der Waals surface area contributed by atoms with Gasteiger partial charge in [0.1, 0.15) is 0 Å². The number of halogens is 2. The molecule has 5 aliphatic rings. The first-order valence-electron chi connectivity index (χ1n) is 16.2. The summed E-state index contributed by atoms with van der Waals surface area (Å²) >= 11 is -2.22. The van der Waals surface area contributed by atoms with Crippen molar-refractivity contribution in [2.24, 2.45) is 5.41 Å². The van der Waals surface area contributed by atoms with Gasteiger partial charge in [-0.3, -0.25) is 0 Å². The van der Waals surface area contributed by atoms with Gasteiger partial charge in [0.15, 0.2) is 0 Å². The average Bonchev–Trinajstić information content (AvgIpc) is 3.63. The van der Waals surface area contributed by atoms with Crippen LogP contribution in [-0.4, -0.2) is 3.21 Å². The molecule has 0 atom stereocenters. The summed E-state index contributed by atoms with van der Waals surface area (Å²) in [6.07, 6.45) is 17.0. The monoisotopic (exact) mass is 688 g/mol. The van der Waals surface area contributed by atoms with Crippen LogP contribution in [0.15, 0.2) is 54.6 Å². The zero-order valence-electron chi connectivity index (χ0n) is 27.7. The molecule has 0 aromatic heterocycles. The van der Waals surface area contributed by atoms with E-state index in [9.17, 15) is 0 Å². The fourth-order valence-electron chi connectivity index (χ4n) is 8.93. The molecule has 0 saturated heterocycles. The maximum Gasteiger partial charge on any atom is -1.00 e. The standard InChI is InChI=1S/C25H25.C9H13.C6H10.2ClH.Zr/c1-14-12-24(3,4)22-8-16-7-17-9-23-19(15(2)13-25(23,5)6)11-21(17)20(16)10-18(14)22;1-9(2,3)8-6-4-5-7-8;1-2-4-6-5-3-1;;;/h8-12H,7H2,1-6H3;6-7H,4H2,1-3H3;1-5H2;2*1H;/q;;;;;+2/p-2. The van der Waals surface area contributed by atoms with Gasteiger partial charge in [0.05, 0.1) is 0 Å². The van der Waals surface area contributed by atoms with Crippen molar-refractivity contribution in [3.63, 3.8) is 0 Å². The third-order valence-corrected chi connectivity index (χ3v) is 20.1. The second kappa shape index (κ2) is 11.2. The second-order valence-electron chi connectivity index (χ2n) is 15.8. The molecule has 43 heavy (non-hydrogen) atoms. The van der Waals surface area contributed by atoms with Gasteiger partial charge in [-0.15, -0.1) is 0 Å². The molecule has 1 saturated carbocycles. The Balaban J connectivity index is 0.00000184. The molecule has 0 N–H and O–H groups in total. The minimum Gasteiger partial charge on any atom is -1.00 e. The quantitative estimate of drug-likeness (QED) is 0.356. The van der Waals surface area contributed by atoms with Gasteiger partial charge >= 0.3 is 258 Å². The van der Waals surface area contributed by atoms with E-state index >= 15 is 0 Å². The summed E-state index contributed by atoms with van der Waals surface area (Å²) in [5.41, 5.74) is 17.4. The van der Waals surface area contributed by atoms with Gasteiger partial charge < -0.3 is 24.8 Å². The normalized spacial score (nSPS) is 20.6. The van der Waals surface area contributed by atoms with Crippen molar-refractivity contribution in [1.82, 2.24) is 0 Å². The Morgan fingerprint density at radius 3 is 1.95 bits per heavy atom. The van der Waals surface area contributed by atoms with E-state index in [1.54, 1.807) is 27.8 Å². The molecule has 0 amide bonds. The van der Waals surface area contributed by atoms with E-state index in [4.69, 9.17) is 0 Å². The predicted molar refractivity (Wildman–Crippen MR) is 175 cm³/mol. The minimum atomic E-state index is -2.22. The Bertz CT molecular complexity index is 1690. The molecule has 0 radical (unpaired) electrons. The van der Waals surface area contributed by atoms with Gasteiger partial charge in [0.2, 0.25) is 0 Å². The van der Waals surface area contributed by atoms with Crippen molar-refractivity contribution < 1.29 is 46.1 Å². The van der Waals surface area contributed by atoms with Crippen LogP contribution in [0.1, 0.15) is 134 Å². The van der Waals surface area contributed by atoms with Gasteiger partial charge in [0.25, 0.3) is 0 Å². The van der Waals surface area contributed by atoms with Crippen LogP contribution >= 0.6 is 0 Å². The first-order chi connectivity index (χ1) is 19.3. The van der Waals surface area contributed by atoms with Crippen molar-refractivity contribution in [1.29, 1.82) is 0 Å². The maximum atomic E-state index is 2.68. The zero-order valence-corrected chi connectivity index (χ0v) is 31.7. The Kier molecular flexibility index (Phi) is 8.63. The molecular weight excluding hydrogens is 643 g/mol. The fourth-order valence-corrected chi connectivity index (χ4v) is 18.4. The van der Waals surface area contributed by atoms with E-state index in [-0.39, 0.29) is 41.1 Å². The van der Waals surface area contributed by atoms with E-state index < -0.39 is 21.3 Å². The number of benzene rings is 2. The van der Waals surface area contributed by atoms with Crippen molar-refractivity contribution in [2.45, 2.75) is 118 Å². The molecule has 0 unspecified atom stereocenters. The van der Waals surface area contributed by atoms with Gasteiger partial charge in [-0.2, -0.15) is 0 Å². The number of fused-ring (bicyclic) bond motifs is 5. The van der Waals surface area contributed by atoms with Crippen LogP contribution in [-0.2, 0) is 38.5 Å². The van der Waals surface area contributed by atoms with Crippen molar-refractivity contribution in [3.8, 4) is 11.1 Å². The molecule has 226 valence electrons. The van der Waals surface area contributed by atoms with Gasteiger partial charge in [-0.1, -0.05) is 0 Å². The van der Waals surface area contributed by atoms with Gasteiger partial charge in [-0.05, 0) is 0 Å². The second-order valence-corrected chi connectivity index (χ2v) is 22.2. The van der Waals surface area contributed by atoms with Crippen LogP contribution in [0.4, 0.5) is 0 Å². The Labute approximate surface area is 281 Å². The maximum absolute atomic E-state index is 2.68. The van der Waals surface area contributed by atoms with Crippen LogP contribution in [0.5, 0.6) is 0 Å². The molecule has 5 aliphatic carbocycles. The summed E-state index contributed by atoms with van der Waals surface area (Å²) in [7, 11) is 0. The van der Waals surface area contributed by atoms with Gasteiger partial charge in [-0.25, -0.2) is 0 Å². The molecular formula is C40H48Cl2Zr. The number of rotatable bonds is 2. The molecule has 0 aliphatic heterocycles. The van der Waals surface area contributed by atoms with E-state index in [0.29, 0.717) is 0 Å². The summed E-state index contributed by atoms with van der Waals surface area (Å²) in [5.74, 6) is 0. The number of hydrogen-bond acceptors (Lipinski definition) is 0. The first-order valence-corrected chi connectivity index (χ1v) is 19.9. The van der Waals surface area contributed by atoms with E-state index in [1.807, 2.05) is 9.77 Å². The fraction of sp³-hybridized carbons (Fsp3) is 0.475. The van der Waals surface area contributed by atoms with Crippen molar-refractivity contribution >= 4 is 14.4 Å². The molecule has 3 heteroatoms. The zero-order chi connectivity index (χ0) is 29.1. The Morgan fingerprint density at radius 1 is 0.744 bits per heavy atom. The third kappa shape index (κ3) is 5.17. The predicted octanol–water partition coefficient (Wildman–Crippen LogP) is 5.00.